The first-order chi connectivity index (χ1) is 16.0. The molecule has 1 atom stereocenters. The number of aromatic nitrogens is 1. The first-order valence-corrected chi connectivity index (χ1v) is 11.0. The van der Waals surface area contributed by atoms with Crippen LogP contribution in [0.25, 0.3) is 10.9 Å². The number of amides is 1. The number of hydrogen-bond acceptors (Lipinski definition) is 3. The van der Waals surface area contributed by atoms with Crippen LogP contribution in [-0.2, 0) is 0 Å². The van der Waals surface area contributed by atoms with E-state index < -0.39 is 11.7 Å². The highest BCUT2D eigenvalue weighted by Crippen LogP contribution is 2.36. The monoisotopic (exact) mass is 466 g/mol. The van der Waals surface area contributed by atoms with E-state index in [1.807, 2.05) is 55.6 Å². The number of halogens is 2. The molecule has 5 nitrogen and oxygen atoms in total. The van der Waals surface area contributed by atoms with Crippen molar-refractivity contribution in [1.29, 1.82) is 0 Å². The van der Waals surface area contributed by atoms with Crippen LogP contribution in [0.15, 0.2) is 66.9 Å². The molecule has 1 aromatic heterocycles. The van der Waals surface area contributed by atoms with Crippen molar-refractivity contribution in [1.82, 2.24) is 10.3 Å². The first kappa shape index (κ1) is 22.7. The Balaban J connectivity index is 1.72. The molecule has 1 amide bonds. The van der Waals surface area contributed by atoms with Crippen molar-refractivity contribution < 1.29 is 18.7 Å². The van der Waals surface area contributed by atoms with Crippen molar-refractivity contribution in [2.75, 3.05) is 20.3 Å². The standard InChI is InChI=1S/C26H24ClFN2O3/c1-3-33-23-12-11-16(13-24(23)32-2)18(19-15-29-22-10-5-4-7-17(19)22)14-30-26(31)25-20(27)8-6-9-21(25)28/h4-13,15,18,29H,3,14H2,1-2H3,(H,30,31). The maximum Gasteiger partial charge on any atom is 0.255 e. The van der Waals surface area contributed by atoms with Gasteiger partial charge in [0.2, 0.25) is 0 Å². The molecular formula is C26H24ClFN2O3. The Morgan fingerprint density at radius 1 is 1.12 bits per heavy atom. The van der Waals surface area contributed by atoms with E-state index in [0.29, 0.717) is 18.1 Å². The number of hydrogen-bond donors (Lipinski definition) is 2. The Hall–Kier alpha value is -3.51. The molecule has 0 bridgehead atoms. The minimum atomic E-state index is -0.661. The molecule has 2 N–H and O–H groups in total. The van der Waals surface area contributed by atoms with Gasteiger partial charge in [-0.1, -0.05) is 41.9 Å². The lowest BCUT2D eigenvalue weighted by atomic mass is 9.90. The number of rotatable bonds is 8. The van der Waals surface area contributed by atoms with Crippen LogP contribution < -0.4 is 14.8 Å². The summed E-state index contributed by atoms with van der Waals surface area (Å²) < 4.78 is 25.4. The molecule has 170 valence electrons. The molecule has 4 aromatic rings. The number of para-hydroxylation sites is 1. The predicted molar refractivity (Wildman–Crippen MR) is 128 cm³/mol. The smallest absolute Gasteiger partial charge is 0.255 e. The molecule has 33 heavy (non-hydrogen) atoms. The summed E-state index contributed by atoms with van der Waals surface area (Å²) in [5.41, 5.74) is 2.73. The summed E-state index contributed by atoms with van der Waals surface area (Å²) in [5, 5.41) is 3.96. The summed E-state index contributed by atoms with van der Waals surface area (Å²) in [6.45, 7) is 2.65. The van der Waals surface area contributed by atoms with E-state index in [0.717, 1.165) is 22.0 Å². The van der Waals surface area contributed by atoms with Crippen molar-refractivity contribution in [3.05, 3.63) is 94.4 Å². The highest BCUT2D eigenvalue weighted by atomic mass is 35.5. The molecule has 0 spiro atoms. The maximum absolute atomic E-state index is 14.3. The lowest BCUT2D eigenvalue weighted by Crippen LogP contribution is -2.29. The van der Waals surface area contributed by atoms with E-state index in [1.165, 1.54) is 18.2 Å². The third-order valence-corrected chi connectivity index (χ3v) is 5.86. The van der Waals surface area contributed by atoms with Gasteiger partial charge in [0, 0.05) is 29.6 Å². The van der Waals surface area contributed by atoms with E-state index in [4.69, 9.17) is 21.1 Å². The summed E-state index contributed by atoms with van der Waals surface area (Å²) >= 11 is 6.08. The Kier molecular flexibility index (Phi) is 6.84. The summed E-state index contributed by atoms with van der Waals surface area (Å²) in [7, 11) is 1.59. The van der Waals surface area contributed by atoms with Gasteiger partial charge in [0.1, 0.15) is 5.82 Å². The number of ether oxygens (including phenoxy) is 2. The summed E-state index contributed by atoms with van der Waals surface area (Å²) in [6, 6.07) is 17.8. The first-order valence-electron chi connectivity index (χ1n) is 10.6. The zero-order valence-electron chi connectivity index (χ0n) is 18.3. The number of aromatic amines is 1. The average molecular weight is 467 g/mol. The second kappa shape index (κ2) is 9.96. The van der Waals surface area contributed by atoms with Crippen LogP contribution in [0.5, 0.6) is 11.5 Å². The zero-order valence-corrected chi connectivity index (χ0v) is 19.1. The third kappa shape index (κ3) is 4.66. The molecule has 0 saturated carbocycles. The number of benzene rings is 3. The maximum atomic E-state index is 14.3. The molecular weight excluding hydrogens is 443 g/mol. The van der Waals surface area contributed by atoms with Gasteiger partial charge in [-0.05, 0) is 48.4 Å². The van der Waals surface area contributed by atoms with Crippen molar-refractivity contribution in [3.63, 3.8) is 0 Å². The molecule has 0 aliphatic rings. The Morgan fingerprint density at radius 2 is 1.94 bits per heavy atom. The number of carbonyl (C=O) groups is 1. The minimum absolute atomic E-state index is 0.0684. The summed E-state index contributed by atoms with van der Waals surface area (Å²) in [4.78, 5) is 16.1. The predicted octanol–water partition coefficient (Wildman–Crippen LogP) is 5.93. The number of nitrogens with one attached hydrogen (secondary N) is 2. The second-order valence-corrected chi connectivity index (χ2v) is 7.90. The van der Waals surface area contributed by atoms with Gasteiger partial charge in [-0.3, -0.25) is 4.79 Å². The van der Waals surface area contributed by atoms with Gasteiger partial charge in [-0.25, -0.2) is 4.39 Å². The fourth-order valence-electron chi connectivity index (χ4n) is 3.96. The zero-order chi connectivity index (χ0) is 23.4. The lowest BCUT2D eigenvalue weighted by molar-refractivity contribution is 0.0948. The number of carbonyl (C=O) groups excluding carboxylic acids is 1. The van der Waals surface area contributed by atoms with Gasteiger partial charge < -0.3 is 19.8 Å². The van der Waals surface area contributed by atoms with Crippen molar-refractivity contribution in [2.24, 2.45) is 0 Å². The topological polar surface area (TPSA) is 63.3 Å². The number of methoxy groups -OCH3 is 1. The Labute approximate surface area is 196 Å². The van der Waals surface area contributed by atoms with Gasteiger partial charge >= 0.3 is 0 Å². The fraction of sp³-hybridized carbons (Fsp3) is 0.192. The van der Waals surface area contributed by atoms with Gasteiger partial charge in [-0.2, -0.15) is 0 Å². The molecule has 1 unspecified atom stereocenters. The number of fused-ring (bicyclic) bond motifs is 1. The molecule has 0 saturated heterocycles. The lowest BCUT2D eigenvalue weighted by Gasteiger charge is -2.20. The molecule has 1 heterocycles. The molecule has 3 aromatic carbocycles. The fourth-order valence-corrected chi connectivity index (χ4v) is 4.21. The van der Waals surface area contributed by atoms with E-state index in [9.17, 15) is 9.18 Å². The largest absolute Gasteiger partial charge is 0.493 e. The molecule has 7 heteroatoms. The quantitative estimate of drug-likeness (QED) is 0.338. The van der Waals surface area contributed by atoms with Gasteiger partial charge in [0.15, 0.2) is 11.5 Å². The average Bonchev–Trinajstić information content (AvgIpc) is 3.24. The second-order valence-electron chi connectivity index (χ2n) is 7.49. The van der Waals surface area contributed by atoms with Crippen LogP contribution >= 0.6 is 11.6 Å². The summed E-state index contributed by atoms with van der Waals surface area (Å²) in [5.74, 6) is -0.223. The van der Waals surface area contributed by atoms with E-state index in [-0.39, 0.29) is 23.0 Å². The van der Waals surface area contributed by atoms with Crippen LogP contribution in [0.3, 0.4) is 0 Å². The molecule has 0 radical (unpaired) electrons. The van der Waals surface area contributed by atoms with Crippen molar-refractivity contribution in [3.8, 4) is 11.5 Å². The SMILES string of the molecule is CCOc1ccc(C(CNC(=O)c2c(F)cccc2Cl)c2c[nH]c3ccccc23)cc1OC. The molecule has 0 fully saturated rings. The Morgan fingerprint density at radius 3 is 2.70 bits per heavy atom. The van der Waals surface area contributed by atoms with Crippen molar-refractivity contribution in [2.45, 2.75) is 12.8 Å². The summed E-state index contributed by atoms with van der Waals surface area (Å²) in [6.07, 6.45) is 1.93. The van der Waals surface area contributed by atoms with Gasteiger partial charge in [0.25, 0.3) is 5.91 Å². The van der Waals surface area contributed by atoms with E-state index in [1.54, 1.807) is 7.11 Å². The van der Waals surface area contributed by atoms with Crippen LogP contribution in [-0.4, -0.2) is 31.2 Å². The molecule has 0 aliphatic carbocycles. The third-order valence-electron chi connectivity index (χ3n) is 5.54. The van der Waals surface area contributed by atoms with Crippen LogP contribution in [0, 0.1) is 5.82 Å². The normalized spacial score (nSPS) is 11.9. The molecule has 0 aliphatic heterocycles. The van der Waals surface area contributed by atoms with E-state index >= 15 is 0 Å². The van der Waals surface area contributed by atoms with Crippen molar-refractivity contribution >= 4 is 28.4 Å². The molecule has 4 rings (SSSR count). The van der Waals surface area contributed by atoms with Crippen LogP contribution in [0.2, 0.25) is 5.02 Å². The van der Waals surface area contributed by atoms with E-state index in [2.05, 4.69) is 10.3 Å². The highest BCUT2D eigenvalue weighted by molar-refractivity contribution is 6.33. The highest BCUT2D eigenvalue weighted by Gasteiger charge is 2.23. The van der Waals surface area contributed by atoms with Gasteiger partial charge in [0.05, 0.1) is 24.3 Å². The van der Waals surface area contributed by atoms with Crippen LogP contribution in [0.4, 0.5) is 4.39 Å². The Bertz CT molecular complexity index is 1270. The van der Waals surface area contributed by atoms with Crippen LogP contribution in [0.1, 0.15) is 34.3 Å². The minimum Gasteiger partial charge on any atom is -0.493 e. The number of H-pyrrole nitrogens is 1. The van der Waals surface area contributed by atoms with Gasteiger partial charge in [-0.15, -0.1) is 0 Å².